The summed E-state index contributed by atoms with van der Waals surface area (Å²) in [5.74, 6) is 0.181. The fourth-order valence-electron chi connectivity index (χ4n) is 1.90. The summed E-state index contributed by atoms with van der Waals surface area (Å²) in [6, 6.07) is 14.2. The van der Waals surface area contributed by atoms with E-state index >= 15 is 0 Å². The Morgan fingerprint density at radius 2 is 1.86 bits per heavy atom. The Morgan fingerprint density at radius 3 is 2.67 bits per heavy atom. The highest BCUT2D eigenvalue weighted by Gasteiger charge is 2.10. The van der Waals surface area contributed by atoms with Crippen LogP contribution in [0.25, 0.3) is 11.0 Å². The van der Waals surface area contributed by atoms with Crippen molar-refractivity contribution in [3.63, 3.8) is 0 Å². The van der Waals surface area contributed by atoms with Crippen LogP contribution in [0.4, 0.5) is 5.69 Å². The maximum atomic E-state index is 11.8. The number of nitro groups is 1. The summed E-state index contributed by atoms with van der Waals surface area (Å²) in [6.45, 7) is 0. The standard InChI is InChI=1S/C15H9NO5/c17-15-14(8-10-4-1-2-7-13(10)21-15)20-12-6-3-5-11(9-12)16(18)19/h1-9H. The minimum Gasteiger partial charge on any atom is -0.449 e. The number of benzene rings is 2. The van der Waals surface area contributed by atoms with E-state index in [1.807, 2.05) is 0 Å². The molecule has 0 N–H and O–H groups in total. The second-order valence-corrected chi connectivity index (χ2v) is 4.29. The lowest BCUT2D eigenvalue weighted by Crippen LogP contribution is -2.03. The van der Waals surface area contributed by atoms with Gasteiger partial charge in [-0.2, -0.15) is 0 Å². The van der Waals surface area contributed by atoms with Gasteiger partial charge in [-0.05, 0) is 18.2 Å². The lowest BCUT2D eigenvalue weighted by Gasteiger charge is -2.05. The largest absolute Gasteiger partial charge is 0.449 e. The molecule has 6 heteroatoms. The van der Waals surface area contributed by atoms with Crippen LogP contribution >= 0.6 is 0 Å². The Labute approximate surface area is 118 Å². The van der Waals surface area contributed by atoms with Gasteiger partial charge in [0.1, 0.15) is 11.3 Å². The number of hydrogen-bond acceptors (Lipinski definition) is 5. The van der Waals surface area contributed by atoms with Crippen molar-refractivity contribution in [1.29, 1.82) is 0 Å². The van der Waals surface area contributed by atoms with E-state index < -0.39 is 10.5 Å². The van der Waals surface area contributed by atoms with Gasteiger partial charge in [0.2, 0.25) is 5.75 Å². The molecule has 21 heavy (non-hydrogen) atoms. The first-order chi connectivity index (χ1) is 10.1. The summed E-state index contributed by atoms with van der Waals surface area (Å²) < 4.78 is 10.5. The molecule has 0 saturated heterocycles. The molecule has 0 bridgehead atoms. The number of non-ortho nitro benzene ring substituents is 1. The van der Waals surface area contributed by atoms with Gasteiger partial charge < -0.3 is 9.15 Å². The fourth-order valence-corrected chi connectivity index (χ4v) is 1.90. The molecule has 0 spiro atoms. The van der Waals surface area contributed by atoms with Crippen molar-refractivity contribution in [3.05, 3.63) is 75.1 Å². The zero-order valence-corrected chi connectivity index (χ0v) is 10.7. The third-order valence-electron chi connectivity index (χ3n) is 2.87. The van der Waals surface area contributed by atoms with E-state index in [1.54, 1.807) is 30.3 Å². The summed E-state index contributed by atoms with van der Waals surface area (Å²) in [7, 11) is 0. The summed E-state index contributed by atoms with van der Waals surface area (Å²) >= 11 is 0. The zero-order valence-electron chi connectivity index (χ0n) is 10.7. The Kier molecular flexibility index (Phi) is 3.12. The second-order valence-electron chi connectivity index (χ2n) is 4.29. The predicted octanol–water partition coefficient (Wildman–Crippen LogP) is 3.49. The Bertz CT molecular complexity index is 884. The Balaban J connectivity index is 2.01. The normalized spacial score (nSPS) is 10.5. The van der Waals surface area contributed by atoms with Crippen molar-refractivity contribution >= 4 is 16.7 Å². The van der Waals surface area contributed by atoms with Crippen molar-refractivity contribution in [2.75, 3.05) is 0 Å². The van der Waals surface area contributed by atoms with Crippen LogP contribution in [0.5, 0.6) is 11.5 Å². The van der Waals surface area contributed by atoms with E-state index in [2.05, 4.69) is 0 Å². The molecule has 104 valence electrons. The molecule has 0 atom stereocenters. The molecule has 0 amide bonds. The number of hydrogen-bond donors (Lipinski definition) is 0. The van der Waals surface area contributed by atoms with Crippen molar-refractivity contribution in [2.24, 2.45) is 0 Å². The molecule has 0 saturated carbocycles. The van der Waals surface area contributed by atoms with Gasteiger partial charge in [0.15, 0.2) is 0 Å². The second kappa shape index (κ2) is 5.09. The van der Waals surface area contributed by atoms with Crippen molar-refractivity contribution in [1.82, 2.24) is 0 Å². The molecule has 1 aromatic heterocycles. The third kappa shape index (κ3) is 2.59. The van der Waals surface area contributed by atoms with Crippen LogP contribution in [-0.2, 0) is 0 Å². The minimum atomic E-state index is -0.639. The molecular formula is C15H9NO5. The molecule has 6 nitrogen and oxygen atoms in total. The molecule has 0 aliphatic carbocycles. The van der Waals surface area contributed by atoms with Gasteiger partial charge in [0, 0.05) is 11.5 Å². The maximum Gasteiger partial charge on any atom is 0.379 e. The van der Waals surface area contributed by atoms with E-state index in [4.69, 9.17) is 9.15 Å². The van der Waals surface area contributed by atoms with Crippen LogP contribution in [0.1, 0.15) is 0 Å². The molecule has 3 aromatic rings. The average molecular weight is 283 g/mol. The highest BCUT2D eigenvalue weighted by Crippen LogP contribution is 2.25. The van der Waals surface area contributed by atoms with Gasteiger partial charge in [-0.3, -0.25) is 10.1 Å². The summed E-state index contributed by atoms with van der Waals surface area (Å²) in [4.78, 5) is 22.0. The van der Waals surface area contributed by atoms with E-state index in [1.165, 1.54) is 24.3 Å². The zero-order chi connectivity index (χ0) is 14.8. The van der Waals surface area contributed by atoms with Gasteiger partial charge in [-0.25, -0.2) is 4.79 Å². The lowest BCUT2D eigenvalue weighted by molar-refractivity contribution is -0.384. The van der Waals surface area contributed by atoms with Crippen LogP contribution in [0.2, 0.25) is 0 Å². The van der Waals surface area contributed by atoms with Crippen molar-refractivity contribution < 1.29 is 14.1 Å². The molecular weight excluding hydrogens is 274 g/mol. The van der Waals surface area contributed by atoms with E-state index in [9.17, 15) is 14.9 Å². The Hall–Kier alpha value is -3.15. The molecule has 0 fully saturated rings. The van der Waals surface area contributed by atoms with Crippen LogP contribution in [0, 0.1) is 10.1 Å². The Morgan fingerprint density at radius 1 is 1.05 bits per heavy atom. The number of rotatable bonds is 3. The van der Waals surface area contributed by atoms with Crippen LogP contribution < -0.4 is 10.4 Å². The molecule has 2 aromatic carbocycles. The van der Waals surface area contributed by atoms with Crippen molar-refractivity contribution in [3.8, 4) is 11.5 Å². The van der Waals surface area contributed by atoms with E-state index in [0.29, 0.717) is 11.0 Å². The van der Waals surface area contributed by atoms with Crippen LogP contribution in [-0.4, -0.2) is 4.92 Å². The number of nitro benzene ring substituents is 1. The van der Waals surface area contributed by atoms with E-state index in [0.717, 1.165) is 0 Å². The number of nitrogens with zero attached hydrogens (tertiary/aromatic N) is 1. The predicted molar refractivity (Wildman–Crippen MR) is 75.7 cm³/mol. The first-order valence-corrected chi connectivity index (χ1v) is 6.09. The summed E-state index contributed by atoms with van der Waals surface area (Å²) in [5.41, 5.74) is -0.299. The monoisotopic (exact) mass is 283 g/mol. The van der Waals surface area contributed by atoms with Crippen LogP contribution in [0.3, 0.4) is 0 Å². The lowest BCUT2D eigenvalue weighted by atomic mass is 10.2. The number of fused-ring (bicyclic) bond motifs is 1. The van der Waals surface area contributed by atoms with Crippen molar-refractivity contribution in [2.45, 2.75) is 0 Å². The molecule has 0 unspecified atom stereocenters. The third-order valence-corrected chi connectivity index (χ3v) is 2.87. The van der Waals surface area contributed by atoms with Gasteiger partial charge >= 0.3 is 5.63 Å². The van der Waals surface area contributed by atoms with Crippen LogP contribution in [0.15, 0.2) is 63.8 Å². The SMILES string of the molecule is O=c1oc2ccccc2cc1Oc1cccc([N+](=O)[O-])c1. The number of para-hydroxylation sites is 1. The smallest absolute Gasteiger partial charge is 0.379 e. The highest BCUT2D eigenvalue weighted by atomic mass is 16.6. The van der Waals surface area contributed by atoms with E-state index in [-0.39, 0.29) is 17.2 Å². The molecule has 0 aliphatic rings. The first-order valence-electron chi connectivity index (χ1n) is 6.09. The molecule has 0 aliphatic heterocycles. The van der Waals surface area contributed by atoms with Gasteiger partial charge in [0.25, 0.3) is 5.69 Å². The van der Waals surface area contributed by atoms with Gasteiger partial charge in [-0.1, -0.05) is 24.3 Å². The average Bonchev–Trinajstić information content (AvgIpc) is 2.48. The summed E-state index contributed by atoms with van der Waals surface area (Å²) in [6.07, 6.45) is 0. The maximum absolute atomic E-state index is 11.8. The highest BCUT2D eigenvalue weighted by molar-refractivity contribution is 5.77. The fraction of sp³-hybridized carbons (Fsp3) is 0. The van der Waals surface area contributed by atoms with Gasteiger partial charge in [-0.15, -0.1) is 0 Å². The minimum absolute atomic E-state index is 0.0193. The molecule has 1 heterocycles. The molecule has 3 rings (SSSR count). The topological polar surface area (TPSA) is 82.6 Å². The first kappa shape index (κ1) is 12.9. The quantitative estimate of drug-likeness (QED) is 0.417. The summed E-state index contributed by atoms with van der Waals surface area (Å²) in [5, 5.41) is 11.4. The molecule has 0 radical (unpaired) electrons. The van der Waals surface area contributed by atoms with Gasteiger partial charge in [0.05, 0.1) is 11.0 Å². The number of ether oxygens (including phenoxy) is 1.